The molecule has 0 saturated heterocycles. The van der Waals surface area contributed by atoms with Gasteiger partial charge in [-0.1, -0.05) is 42.5 Å². The summed E-state index contributed by atoms with van der Waals surface area (Å²) in [6, 6.07) is 18.2. The first-order chi connectivity index (χ1) is 10.2. The summed E-state index contributed by atoms with van der Waals surface area (Å²) in [4.78, 5) is 12.9. The largest absolute Gasteiger partial charge is 0.391 e. The molecule has 2 aromatic carbocycles. The Bertz CT molecular complexity index is 706. The van der Waals surface area contributed by atoms with Crippen LogP contribution in [-0.2, 0) is 4.79 Å². The van der Waals surface area contributed by atoms with E-state index in [1.807, 2.05) is 55.6 Å². The van der Waals surface area contributed by atoms with Crippen LogP contribution in [0.25, 0.3) is 5.57 Å². The van der Waals surface area contributed by atoms with Gasteiger partial charge >= 0.3 is 0 Å². The molecule has 1 N–H and O–H groups in total. The number of benzene rings is 2. The molecule has 0 fully saturated rings. The zero-order chi connectivity index (χ0) is 14.8. The summed E-state index contributed by atoms with van der Waals surface area (Å²) < 4.78 is 1.14. The summed E-state index contributed by atoms with van der Waals surface area (Å²) in [5.41, 5.74) is 3.98. The van der Waals surface area contributed by atoms with Crippen molar-refractivity contribution in [3.8, 4) is 0 Å². The van der Waals surface area contributed by atoms with Crippen molar-refractivity contribution in [1.29, 1.82) is 0 Å². The van der Waals surface area contributed by atoms with E-state index in [4.69, 9.17) is 0 Å². The van der Waals surface area contributed by atoms with Gasteiger partial charge in [0.05, 0.1) is 5.92 Å². The highest BCUT2D eigenvalue weighted by Gasteiger charge is 2.34. The lowest BCUT2D eigenvalue weighted by atomic mass is 9.93. The van der Waals surface area contributed by atoms with Crippen molar-refractivity contribution < 1.29 is 4.79 Å². The molecule has 1 aliphatic carbocycles. The minimum absolute atomic E-state index is 0.0680. The molecule has 0 spiro atoms. The van der Waals surface area contributed by atoms with E-state index in [0.717, 1.165) is 32.4 Å². The van der Waals surface area contributed by atoms with E-state index in [2.05, 4.69) is 34.0 Å². The van der Waals surface area contributed by atoms with E-state index in [1.54, 1.807) is 0 Å². The maximum absolute atomic E-state index is 12.9. The monoisotopic (exact) mass is 389 g/mol. The van der Waals surface area contributed by atoms with Gasteiger partial charge in [-0.3, -0.25) is 4.79 Å². The van der Waals surface area contributed by atoms with E-state index < -0.39 is 0 Å². The molecule has 2 nitrogen and oxygen atoms in total. The fraction of sp³-hybridized carbons (Fsp3) is 0.167. The first-order valence-corrected chi connectivity index (χ1v) is 8.04. The number of carbonyl (C=O) groups is 1. The molecule has 3 heteroatoms. The van der Waals surface area contributed by atoms with Crippen LogP contribution in [0.4, 0.5) is 0 Å². The molecule has 106 valence electrons. The average molecular weight is 389 g/mol. The van der Waals surface area contributed by atoms with Gasteiger partial charge in [0.1, 0.15) is 0 Å². The van der Waals surface area contributed by atoms with Gasteiger partial charge in [0.25, 0.3) is 0 Å². The second kappa shape index (κ2) is 6.02. The summed E-state index contributed by atoms with van der Waals surface area (Å²) in [6.07, 6.45) is 0.750. The minimum Gasteiger partial charge on any atom is -0.391 e. The molecule has 0 amide bonds. The molecule has 0 heterocycles. The third kappa shape index (κ3) is 2.75. The maximum atomic E-state index is 12.9. The predicted molar refractivity (Wildman–Crippen MR) is 93.9 cm³/mol. The number of rotatable bonds is 3. The fourth-order valence-corrected chi connectivity index (χ4v) is 3.41. The number of carbonyl (C=O) groups excluding carboxylic acids is 1. The van der Waals surface area contributed by atoms with E-state index >= 15 is 0 Å². The Morgan fingerprint density at radius 2 is 1.86 bits per heavy atom. The molecule has 0 radical (unpaired) electrons. The molecule has 1 atom stereocenters. The van der Waals surface area contributed by atoms with Crippen molar-refractivity contribution in [3.05, 3.63) is 75.0 Å². The van der Waals surface area contributed by atoms with Crippen LogP contribution in [0.15, 0.2) is 60.3 Å². The molecular formula is C18H16INO. The Morgan fingerprint density at radius 1 is 1.10 bits per heavy atom. The van der Waals surface area contributed by atoms with Crippen molar-refractivity contribution >= 4 is 33.9 Å². The zero-order valence-corrected chi connectivity index (χ0v) is 13.9. The van der Waals surface area contributed by atoms with E-state index in [-0.39, 0.29) is 11.7 Å². The molecule has 0 aromatic heterocycles. The Kier molecular flexibility index (Phi) is 4.10. The number of allylic oxidation sites excluding steroid dienone is 2. The quantitative estimate of drug-likeness (QED) is 0.805. The first-order valence-electron chi connectivity index (χ1n) is 6.96. The molecule has 0 saturated carbocycles. The highest BCUT2D eigenvalue weighted by molar-refractivity contribution is 14.1. The molecule has 2 aromatic rings. The number of Topliss-reactive ketones (excluding diaryl/α,β-unsaturated/α-hetero) is 1. The van der Waals surface area contributed by atoms with Gasteiger partial charge < -0.3 is 5.32 Å². The van der Waals surface area contributed by atoms with Gasteiger partial charge in [0.15, 0.2) is 5.78 Å². The van der Waals surface area contributed by atoms with Crippen LogP contribution in [0.1, 0.15) is 23.5 Å². The normalized spacial score (nSPS) is 18.2. The topological polar surface area (TPSA) is 29.1 Å². The van der Waals surface area contributed by atoms with E-state index in [9.17, 15) is 4.79 Å². The predicted octanol–water partition coefficient (Wildman–Crippen LogP) is 3.98. The van der Waals surface area contributed by atoms with Crippen LogP contribution < -0.4 is 5.32 Å². The second-order valence-electron chi connectivity index (χ2n) is 5.15. The van der Waals surface area contributed by atoms with Crippen LogP contribution in [-0.4, -0.2) is 12.8 Å². The number of nitrogens with one attached hydrogen (secondary N) is 1. The number of halogens is 1. The van der Waals surface area contributed by atoms with Crippen LogP contribution in [0.2, 0.25) is 0 Å². The summed E-state index contributed by atoms with van der Waals surface area (Å²) in [7, 11) is 1.89. The minimum atomic E-state index is -0.0680. The third-order valence-electron chi connectivity index (χ3n) is 3.89. The van der Waals surface area contributed by atoms with Crippen LogP contribution in [0.3, 0.4) is 0 Å². The smallest absolute Gasteiger partial charge is 0.173 e. The molecule has 1 unspecified atom stereocenters. The van der Waals surface area contributed by atoms with Gasteiger partial charge in [-0.05, 0) is 45.9 Å². The lowest BCUT2D eigenvalue weighted by Crippen LogP contribution is -2.08. The van der Waals surface area contributed by atoms with Crippen molar-refractivity contribution in [1.82, 2.24) is 5.32 Å². The Hall–Kier alpha value is -1.62. The standard InChI is InChI=1S/C18H16INO/c1-20-16-11-15(12-6-3-2-4-7-12)18(21)17(16)13-8-5-9-14(19)10-13/h2-10,15,20H,11H2,1H3. The summed E-state index contributed by atoms with van der Waals surface area (Å²) in [6.45, 7) is 0. The van der Waals surface area contributed by atoms with Gasteiger partial charge in [0, 0.05) is 28.3 Å². The van der Waals surface area contributed by atoms with Gasteiger partial charge in [-0.15, -0.1) is 0 Å². The van der Waals surface area contributed by atoms with Gasteiger partial charge in [0.2, 0.25) is 0 Å². The molecule has 21 heavy (non-hydrogen) atoms. The Morgan fingerprint density at radius 3 is 2.52 bits per heavy atom. The Labute approximate surface area is 138 Å². The summed E-state index contributed by atoms with van der Waals surface area (Å²) in [5.74, 6) is 0.147. The van der Waals surface area contributed by atoms with E-state index in [1.165, 1.54) is 0 Å². The van der Waals surface area contributed by atoms with Crippen molar-refractivity contribution in [2.75, 3.05) is 7.05 Å². The first kappa shape index (κ1) is 14.3. The van der Waals surface area contributed by atoms with Crippen LogP contribution in [0, 0.1) is 3.57 Å². The second-order valence-corrected chi connectivity index (χ2v) is 6.39. The Balaban J connectivity index is 2.01. The molecule has 3 rings (SSSR count). The SMILES string of the molecule is CNC1=C(c2cccc(I)c2)C(=O)C(c2ccccc2)C1. The van der Waals surface area contributed by atoms with Crippen LogP contribution >= 0.6 is 22.6 Å². The van der Waals surface area contributed by atoms with E-state index in [0.29, 0.717) is 0 Å². The number of ketones is 1. The lowest BCUT2D eigenvalue weighted by molar-refractivity contribution is -0.114. The van der Waals surface area contributed by atoms with Gasteiger partial charge in [-0.2, -0.15) is 0 Å². The highest BCUT2D eigenvalue weighted by atomic mass is 127. The van der Waals surface area contributed by atoms with Crippen molar-refractivity contribution in [3.63, 3.8) is 0 Å². The summed E-state index contributed by atoms with van der Waals surface area (Å²) >= 11 is 2.28. The zero-order valence-electron chi connectivity index (χ0n) is 11.8. The van der Waals surface area contributed by atoms with Crippen molar-refractivity contribution in [2.45, 2.75) is 12.3 Å². The fourth-order valence-electron chi connectivity index (χ4n) is 2.86. The van der Waals surface area contributed by atoms with Crippen molar-refractivity contribution in [2.24, 2.45) is 0 Å². The number of hydrogen-bond acceptors (Lipinski definition) is 2. The maximum Gasteiger partial charge on any atom is 0.173 e. The third-order valence-corrected chi connectivity index (χ3v) is 4.56. The lowest BCUT2D eigenvalue weighted by Gasteiger charge is -2.09. The molecule has 1 aliphatic rings. The molecular weight excluding hydrogens is 373 g/mol. The molecule has 0 aliphatic heterocycles. The number of hydrogen-bond donors (Lipinski definition) is 1. The highest BCUT2D eigenvalue weighted by Crippen LogP contribution is 2.39. The summed E-state index contributed by atoms with van der Waals surface area (Å²) in [5, 5.41) is 3.22. The van der Waals surface area contributed by atoms with Gasteiger partial charge in [-0.25, -0.2) is 0 Å². The average Bonchev–Trinajstić information content (AvgIpc) is 2.85. The van der Waals surface area contributed by atoms with Crippen LogP contribution in [0.5, 0.6) is 0 Å². The molecule has 0 bridgehead atoms.